The van der Waals surface area contributed by atoms with Gasteiger partial charge in [0.05, 0.1) is 0 Å². The van der Waals surface area contributed by atoms with Gasteiger partial charge in [-0.1, -0.05) is 13.8 Å². The van der Waals surface area contributed by atoms with E-state index in [1.807, 2.05) is 0 Å². The minimum atomic E-state index is -1.35. The average molecular weight is 147 g/mol. The minimum absolute atomic E-state index is 0.220. The predicted octanol–water partition coefficient (Wildman–Crippen LogP) is -2.63. The van der Waals surface area contributed by atoms with E-state index < -0.39 is 18.1 Å². The molecule has 0 amide bonds. The molecule has 0 radical (unpaired) electrons. The van der Waals surface area contributed by atoms with Crippen molar-refractivity contribution in [3.63, 3.8) is 0 Å². The number of rotatable bonds is 3. The zero-order valence-electron chi connectivity index (χ0n) is 6.26. The lowest BCUT2D eigenvalue weighted by Gasteiger charge is -2.28. The number of carbonyl (C=O) groups is 1. The Bertz CT molecular complexity index is 135. The summed E-state index contributed by atoms with van der Waals surface area (Å²) in [5.74, 6) is -1.52. The van der Waals surface area contributed by atoms with E-state index in [0.717, 1.165) is 0 Å². The molecule has 0 aliphatic carbocycles. The highest BCUT2D eigenvalue weighted by molar-refractivity contribution is 5.74. The summed E-state index contributed by atoms with van der Waals surface area (Å²) in [6.45, 7) is 2.88. The number of aliphatic hydroxyl groups excluding tert-OH is 1. The fourth-order valence-corrected chi connectivity index (χ4v) is 0.483. The highest BCUT2D eigenvalue weighted by atomic mass is 16.4. The Morgan fingerprint density at radius 3 is 2.20 bits per heavy atom. The molecule has 4 heteroatoms. The molecule has 0 aromatic rings. The van der Waals surface area contributed by atoms with Crippen LogP contribution in [0, 0.1) is 5.92 Å². The second kappa shape index (κ2) is 2.98. The number of aliphatic hydroxyl groups is 1. The van der Waals surface area contributed by atoms with E-state index in [4.69, 9.17) is 5.11 Å². The molecule has 0 unspecified atom stereocenters. The summed E-state index contributed by atoms with van der Waals surface area (Å²) < 4.78 is 0. The van der Waals surface area contributed by atoms with Crippen LogP contribution in [-0.2, 0) is 4.79 Å². The number of hydrogen-bond acceptors (Lipinski definition) is 3. The molecule has 1 atom stereocenters. The van der Waals surface area contributed by atoms with Crippen LogP contribution < -0.4 is 10.8 Å². The molecule has 0 aromatic heterocycles. The first-order valence-corrected chi connectivity index (χ1v) is 3.12. The molecule has 0 aromatic carbocycles. The zero-order chi connectivity index (χ0) is 8.36. The number of carboxylic acids is 1. The molecule has 0 aliphatic heterocycles. The Hall–Kier alpha value is -0.610. The monoisotopic (exact) mass is 147 g/mol. The first-order chi connectivity index (χ1) is 4.45. The zero-order valence-corrected chi connectivity index (χ0v) is 6.26. The number of hydrogen-bond donors (Lipinski definition) is 2. The van der Waals surface area contributed by atoms with Gasteiger partial charge < -0.3 is 20.7 Å². The fourth-order valence-electron chi connectivity index (χ4n) is 0.483. The Balaban J connectivity index is 4.38. The first-order valence-electron chi connectivity index (χ1n) is 3.12. The number of quaternary nitrogens is 1. The van der Waals surface area contributed by atoms with Crippen LogP contribution in [0.4, 0.5) is 0 Å². The maximum Gasteiger partial charge on any atom is 0.160 e. The van der Waals surface area contributed by atoms with Crippen molar-refractivity contribution < 1.29 is 20.7 Å². The first kappa shape index (κ1) is 9.39. The maximum atomic E-state index is 10.4. The Morgan fingerprint density at radius 1 is 1.80 bits per heavy atom. The molecule has 0 bridgehead atoms. The van der Waals surface area contributed by atoms with E-state index in [9.17, 15) is 9.90 Å². The van der Waals surface area contributed by atoms with E-state index in [0.29, 0.717) is 0 Å². The van der Waals surface area contributed by atoms with Gasteiger partial charge in [0, 0.05) is 5.92 Å². The minimum Gasteiger partial charge on any atom is -0.544 e. The second-order valence-electron chi connectivity index (χ2n) is 2.76. The fraction of sp³-hybridized carbons (Fsp3) is 0.833. The number of aliphatic carboxylic acids is 1. The van der Waals surface area contributed by atoms with E-state index in [2.05, 4.69) is 5.73 Å². The van der Waals surface area contributed by atoms with Crippen molar-refractivity contribution in [2.24, 2.45) is 5.92 Å². The molecule has 4 N–H and O–H groups in total. The van der Waals surface area contributed by atoms with Crippen LogP contribution in [0.5, 0.6) is 0 Å². The third kappa shape index (κ3) is 1.46. The summed E-state index contributed by atoms with van der Waals surface area (Å²) in [7, 11) is 0. The maximum absolute atomic E-state index is 10.4. The molecule has 0 spiro atoms. The van der Waals surface area contributed by atoms with Gasteiger partial charge in [-0.3, -0.25) is 0 Å². The van der Waals surface area contributed by atoms with Crippen molar-refractivity contribution in [1.82, 2.24) is 0 Å². The van der Waals surface area contributed by atoms with Crippen molar-refractivity contribution in [3.8, 4) is 0 Å². The Kier molecular flexibility index (Phi) is 2.80. The van der Waals surface area contributed by atoms with Gasteiger partial charge in [-0.05, 0) is 0 Å². The molecule has 0 saturated carbocycles. The molecule has 0 aliphatic rings. The quantitative estimate of drug-likeness (QED) is 0.457. The van der Waals surface area contributed by atoms with Crippen LogP contribution in [0.3, 0.4) is 0 Å². The number of carbonyl (C=O) groups excluding carboxylic acids is 1. The average Bonchev–Trinajstić information content (AvgIpc) is 1.85. The molecule has 10 heavy (non-hydrogen) atoms. The van der Waals surface area contributed by atoms with Gasteiger partial charge in [-0.2, -0.15) is 0 Å². The van der Waals surface area contributed by atoms with E-state index in [-0.39, 0.29) is 5.92 Å². The lowest BCUT2D eigenvalue weighted by Crippen LogP contribution is -2.83. The van der Waals surface area contributed by atoms with Crippen LogP contribution in [0.25, 0.3) is 0 Å². The topological polar surface area (TPSA) is 88.0 Å². The van der Waals surface area contributed by atoms with Gasteiger partial charge in [-0.25, -0.2) is 0 Å². The largest absolute Gasteiger partial charge is 0.544 e. The van der Waals surface area contributed by atoms with Crippen LogP contribution in [-0.4, -0.2) is 23.2 Å². The number of carboxylic acid groups (broad SMARTS) is 1. The molecule has 0 saturated heterocycles. The summed E-state index contributed by atoms with van der Waals surface area (Å²) >= 11 is 0. The Labute approximate surface area is 59.7 Å². The van der Waals surface area contributed by atoms with Crippen molar-refractivity contribution in [2.45, 2.75) is 19.4 Å². The van der Waals surface area contributed by atoms with Gasteiger partial charge in [0.1, 0.15) is 12.6 Å². The van der Waals surface area contributed by atoms with Crippen molar-refractivity contribution in [2.75, 3.05) is 6.61 Å². The molecule has 60 valence electrons. The lowest BCUT2D eigenvalue weighted by atomic mass is 9.89. The summed E-state index contributed by atoms with van der Waals surface area (Å²) in [6.07, 6.45) is 0. The summed E-state index contributed by atoms with van der Waals surface area (Å²) in [4.78, 5) is 10.4. The highest BCUT2D eigenvalue weighted by Gasteiger charge is 2.34. The van der Waals surface area contributed by atoms with Crippen LogP contribution in [0.1, 0.15) is 13.8 Å². The van der Waals surface area contributed by atoms with Gasteiger partial charge in [0.15, 0.2) is 5.54 Å². The van der Waals surface area contributed by atoms with Gasteiger partial charge >= 0.3 is 0 Å². The normalized spacial score (nSPS) is 16.9. The highest BCUT2D eigenvalue weighted by Crippen LogP contribution is 2.08. The smallest absolute Gasteiger partial charge is 0.160 e. The van der Waals surface area contributed by atoms with Gasteiger partial charge in [-0.15, -0.1) is 0 Å². The van der Waals surface area contributed by atoms with Crippen molar-refractivity contribution in [3.05, 3.63) is 0 Å². The molecular formula is C6H13NO3. The lowest BCUT2D eigenvalue weighted by molar-refractivity contribution is -0.501. The van der Waals surface area contributed by atoms with E-state index in [1.165, 1.54) is 0 Å². The third-order valence-electron chi connectivity index (χ3n) is 1.79. The standard InChI is InChI=1S/C6H13NO3/c1-4(2)6(7,3-8)5(9)10/h4,8H,3,7H2,1-2H3,(H,9,10)/t6-/m1/s1. The third-order valence-corrected chi connectivity index (χ3v) is 1.79. The predicted molar refractivity (Wildman–Crippen MR) is 32.5 cm³/mol. The second-order valence-corrected chi connectivity index (χ2v) is 2.76. The van der Waals surface area contributed by atoms with Crippen molar-refractivity contribution >= 4 is 5.97 Å². The van der Waals surface area contributed by atoms with Crippen LogP contribution in [0.2, 0.25) is 0 Å². The molecule has 4 nitrogen and oxygen atoms in total. The van der Waals surface area contributed by atoms with Gasteiger partial charge in [0.2, 0.25) is 0 Å². The summed E-state index contributed by atoms with van der Waals surface area (Å²) in [5, 5.41) is 19.0. The van der Waals surface area contributed by atoms with Crippen molar-refractivity contribution in [1.29, 1.82) is 0 Å². The van der Waals surface area contributed by atoms with Crippen LogP contribution in [0.15, 0.2) is 0 Å². The van der Waals surface area contributed by atoms with E-state index in [1.54, 1.807) is 13.8 Å². The molecule has 0 heterocycles. The molecule has 0 fully saturated rings. The Morgan fingerprint density at radius 2 is 2.20 bits per heavy atom. The molecular weight excluding hydrogens is 134 g/mol. The summed E-state index contributed by atoms with van der Waals surface area (Å²) in [6, 6.07) is 0. The molecule has 0 rings (SSSR count). The SMILES string of the molecule is CC(C)[C@]([NH3+])(CO)C(=O)[O-]. The van der Waals surface area contributed by atoms with Crippen LogP contribution >= 0.6 is 0 Å². The summed E-state index contributed by atoms with van der Waals surface area (Å²) in [5.41, 5.74) is 2.03. The van der Waals surface area contributed by atoms with Gasteiger partial charge in [0.25, 0.3) is 0 Å². The van der Waals surface area contributed by atoms with E-state index >= 15 is 0 Å².